The van der Waals surface area contributed by atoms with Crippen molar-refractivity contribution >= 4 is 42.6 Å². The SMILES string of the molecule is CC(C)CN(CC(C)C)S(=O)(=O)c1ccc(C(=O)N(Cc2cccnc2)c2nc3c(C(C)C)cccc3s2)cc1. The molecule has 0 saturated heterocycles. The van der Waals surface area contributed by atoms with Gasteiger partial charge in [0.1, 0.15) is 0 Å². The first-order valence-corrected chi connectivity index (χ1v) is 15.9. The summed E-state index contributed by atoms with van der Waals surface area (Å²) in [4.78, 5) is 24.9. The van der Waals surface area contributed by atoms with Crippen LogP contribution in [0.1, 0.15) is 68.9 Å². The molecule has 4 rings (SSSR count). The number of carbonyl (C=O) groups excluding carboxylic acids is 1. The first-order chi connectivity index (χ1) is 19.0. The average molecular weight is 579 g/mol. The number of hydrogen-bond acceptors (Lipinski definition) is 6. The van der Waals surface area contributed by atoms with Gasteiger partial charge in [-0.25, -0.2) is 13.4 Å². The molecule has 0 atom stereocenters. The number of aromatic nitrogens is 2. The lowest BCUT2D eigenvalue weighted by Gasteiger charge is -2.26. The van der Waals surface area contributed by atoms with Crippen molar-refractivity contribution in [3.05, 3.63) is 83.7 Å². The van der Waals surface area contributed by atoms with Crippen LogP contribution in [0.4, 0.5) is 5.13 Å². The van der Waals surface area contributed by atoms with Crippen molar-refractivity contribution in [1.29, 1.82) is 0 Å². The third-order valence-corrected chi connectivity index (χ3v) is 9.37. The number of sulfonamides is 1. The van der Waals surface area contributed by atoms with Crippen LogP contribution in [-0.2, 0) is 16.6 Å². The Kier molecular flexibility index (Phi) is 9.38. The van der Waals surface area contributed by atoms with E-state index in [9.17, 15) is 13.2 Å². The van der Waals surface area contributed by atoms with E-state index in [0.29, 0.717) is 36.2 Å². The lowest BCUT2D eigenvalue weighted by atomic mass is 10.0. The molecule has 0 radical (unpaired) electrons. The molecule has 0 aliphatic heterocycles. The minimum atomic E-state index is -3.70. The van der Waals surface area contributed by atoms with Crippen LogP contribution >= 0.6 is 11.3 Å². The summed E-state index contributed by atoms with van der Waals surface area (Å²) in [5.41, 5.74) is 3.30. The summed E-state index contributed by atoms with van der Waals surface area (Å²) < 4.78 is 29.5. The van der Waals surface area contributed by atoms with Gasteiger partial charge in [0.2, 0.25) is 10.0 Å². The van der Waals surface area contributed by atoms with E-state index in [1.165, 1.54) is 23.5 Å². The van der Waals surface area contributed by atoms with Crippen LogP contribution in [0.5, 0.6) is 0 Å². The first-order valence-electron chi connectivity index (χ1n) is 13.7. The number of hydrogen-bond donors (Lipinski definition) is 0. The van der Waals surface area contributed by atoms with E-state index in [1.807, 2.05) is 52.0 Å². The summed E-state index contributed by atoms with van der Waals surface area (Å²) in [6.07, 6.45) is 3.43. The summed E-state index contributed by atoms with van der Waals surface area (Å²) in [7, 11) is -3.70. The normalized spacial score (nSPS) is 12.2. The Hall–Kier alpha value is -3.14. The maximum atomic E-state index is 13.9. The summed E-state index contributed by atoms with van der Waals surface area (Å²) in [5, 5.41) is 0.591. The van der Waals surface area contributed by atoms with E-state index < -0.39 is 10.0 Å². The standard InChI is InChI=1S/C31H38N4O3S2/c1-21(2)18-34(19-22(3)4)40(37,38)26-14-12-25(13-15-26)30(36)35(20-24-9-8-16-32-17-24)31-33-29-27(23(5)6)10-7-11-28(29)39-31/h7-17,21-23H,18-20H2,1-6H3. The monoisotopic (exact) mass is 578 g/mol. The number of carbonyl (C=O) groups is 1. The molecule has 9 heteroatoms. The number of anilines is 1. The van der Waals surface area contributed by atoms with Gasteiger partial charge in [-0.1, -0.05) is 71.1 Å². The molecule has 1 amide bonds. The summed E-state index contributed by atoms with van der Waals surface area (Å²) in [6.45, 7) is 13.5. The van der Waals surface area contributed by atoms with E-state index in [4.69, 9.17) is 4.98 Å². The Morgan fingerprint density at radius 3 is 2.15 bits per heavy atom. The highest BCUT2D eigenvalue weighted by atomic mass is 32.2. The van der Waals surface area contributed by atoms with E-state index >= 15 is 0 Å². The van der Waals surface area contributed by atoms with Gasteiger partial charge < -0.3 is 0 Å². The van der Waals surface area contributed by atoms with Crippen LogP contribution in [0, 0.1) is 11.8 Å². The van der Waals surface area contributed by atoms with Crippen LogP contribution in [0.15, 0.2) is 71.9 Å². The fourth-order valence-corrected chi connectivity index (χ4v) is 7.36. The molecule has 0 bridgehead atoms. The highest BCUT2D eigenvalue weighted by Gasteiger charge is 2.27. The third kappa shape index (κ3) is 6.77. The van der Waals surface area contributed by atoms with Gasteiger partial charge in [-0.15, -0.1) is 0 Å². The Morgan fingerprint density at radius 1 is 0.900 bits per heavy atom. The number of rotatable bonds is 11. The number of pyridine rings is 1. The number of nitrogens with zero attached hydrogens (tertiary/aromatic N) is 4. The van der Waals surface area contributed by atoms with Crippen molar-refractivity contribution in [3.8, 4) is 0 Å². The van der Waals surface area contributed by atoms with Crippen molar-refractivity contribution < 1.29 is 13.2 Å². The Bertz CT molecular complexity index is 1540. The van der Waals surface area contributed by atoms with Gasteiger partial charge >= 0.3 is 0 Å². The van der Waals surface area contributed by atoms with Gasteiger partial charge in [-0.05, 0) is 65.3 Å². The molecule has 0 unspecified atom stereocenters. The molecule has 2 aromatic heterocycles. The van der Waals surface area contributed by atoms with E-state index in [2.05, 4.69) is 24.9 Å². The Morgan fingerprint density at radius 2 is 1.57 bits per heavy atom. The number of thiazole rings is 1. The average Bonchev–Trinajstić information content (AvgIpc) is 3.35. The zero-order chi connectivity index (χ0) is 29.0. The number of para-hydroxylation sites is 1. The summed E-state index contributed by atoms with van der Waals surface area (Å²) in [5.74, 6) is 0.432. The minimum Gasteiger partial charge on any atom is -0.279 e. The topological polar surface area (TPSA) is 83.5 Å². The lowest BCUT2D eigenvalue weighted by molar-refractivity contribution is 0.0985. The van der Waals surface area contributed by atoms with E-state index in [1.54, 1.807) is 33.7 Å². The second kappa shape index (κ2) is 12.6. The first kappa shape index (κ1) is 29.8. The summed E-state index contributed by atoms with van der Waals surface area (Å²) >= 11 is 1.47. The van der Waals surface area contributed by atoms with Crippen molar-refractivity contribution in [2.75, 3.05) is 18.0 Å². The highest BCUT2D eigenvalue weighted by molar-refractivity contribution is 7.89. The minimum absolute atomic E-state index is 0.186. The molecular formula is C31H38N4O3S2. The molecule has 4 aromatic rings. The second-order valence-electron chi connectivity index (χ2n) is 11.2. The predicted molar refractivity (Wildman–Crippen MR) is 163 cm³/mol. The van der Waals surface area contributed by atoms with Crippen molar-refractivity contribution in [2.24, 2.45) is 11.8 Å². The molecule has 2 aromatic carbocycles. The second-order valence-corrected chi connectivity index (χ2v) is 14.2. The van der Waals surface area contributed by atoms with Crippen molar-refractivity contribution in [3.63, 3.8) is 0 Å². The number of benzene rings is 2. The van der Waals surface area contributed by atoms with Crippen molar-refractivity contribution in [2.45, 2.75) is 58.9 Å². The highest BCUT2D eigenvalue weighted by Crippen LogP contribution is 2.35. The van der Waals surface area contributed by atoms with Gasteiger partial charge in [-0.3, -0.25) is 14.7 Å². The quantitative estimate of drug-likeness (QED) is 0.192. The Labute approximate surface area is 241 Å². The largest absolute Gasteiger partial charge is 0.279 e. The van der Waals surface area contributed by atoms with Gasteiger partial charge in [0.05, 0.1) is 21.7 Å². The number of amides is 1. The fourth-order valence-electron chi connectivity index (χ4n) is 4.60. The van der Waals surface area contributed by atoms with Gasteiger partial charge in [0.15, 0.2) is 5.13 Å². The molecule has 2 heterocycles. The third-order valence-electron chi connectivity index (χ3n) is 6.48. The maximum absolute atomic E-state index is 13.9. The van der Waals surface area contributed by atoms with Crippen LogP contribution in [0.25, 0.3) is 10.2 Å². The Balaban J connectivity index is 1.70. The molecule has 0 N–H and O–H groups in total. The number of fused-ring (bicyclic) bond motifs is 1. The zero-order valence-electron chi connectivity index (χ0n) is 24.0. The molecule has 0 aliphatic carbocycles. The molecule has 40 heavy (non-hydrogen) atoms. The van der Waals surface area contributed by atoms with Gasteiger partial charge in [-0.2, -0.15) is 4.31 Å². The van der Waals surface area contributed by atoms with Crippen LogP contribution in [-0.4, -0.2) is 41.7 Å². The maximum Gasteiger partial charge on any atom is 0.260 e. The summed E-state index contributed by atoms with van der Waals surface area (Å²) in [6, 6.07) is 16.2. The molecule has 7 nitrogen and oxygen atoms in total. The molecule has 0 fully saturated rings. The molecular weight excluding hydrogens is 541 g/mol. The molecule has 0 saturated carbocycles. The van der Waals surface area contributed by atoms with Gasteiger partial charge in [0, 0.05) is 31.0 Å². The van der Waals surface area contributed by atoms with Crippen LogP contribution in [0.3, 0.4) is 0 Å². The van der Waals surface area contributed by atoms with Gasteiger partial charge in [0.25, 0.3) is 5.91 Å². The fraction of sp³-hybridized carbons (Fsp3) is 0.387. The van der Waals surface area contributed by atoms with Crippen molar-refractivity contribution in [1.82, 2.24) is 14.3 Å². The zero-order valence-corrected chi connectivity index (χ0v) is 25.7. The molecule has 0 aliphatic rings. The van der Waals surface area contributed by atoms with E-state index in [0.717, 1.165) is 21.3 Å². The van der Waals surface area contributed by atoms with Crippen LogP contribution < -0.4 is 4.90 Å². The molecule has 0 spiro atoms. The van der Waals surface area contributed by atoms with Crippen LogP contribution in [0.2, 0.25) is 0 Å². The lowest BCUT2D eigenvalue weighted by Crippen LogP contribution is -2.37. The molecule has 212 valence electrons. The van der Waals surface area contributed by atoms with E-state index in [-0.39, 0.29) is 22.6 Å². The predicted octanol–water partition coefficient (Wildman–Crippen LogP) is 6.96. The smallest absolute Gasteiger partial charge is 0.260 e.